The number of rotatable bonds is 4. The van der Waals surface area contributed by atoms with Crippen molar-refractivity contribution in [2.45, 2.75) is 0 Å². The van der Waals surface area contributed by atoms with Gasteiger partial charge in [0.15, 0.2) is 5.13 Å². The molecule has 0 radical (unpaired) electrons. The third-order valence-electron chi connectivity index (χ3n) is 1.28. The van der Waals surface area contributed by atoms with Crippen molar-refractivity contribution in [2.24, 2.45) is 0 Å². The monoisotopic (exact) mass is 250 g/mol. The minimum Gasteiger partial charge on any atom is -0.305 e. The number of hydrogen-bond donors (Lipinski definition) is 1. The average Bonchev–Trinajstić information content (AvgIpc) is 2.54. The van der Waals surface area contributed by atoms with Gasteiger partial charge in [-0.2, -0.15) is 0 Å². The van der Waals surface area contributed by atoms with Gasteiger partial charge in [-0.15, -0.1) is 11.3 Å². The lowest BCUT2D eigenvalue weighted by Gasteiger charge is -1.93. The van der Waals surface area contributed by atoms with Crippen molar-refractivity contribution < 1.29 is 9.59 Å². The van der Waals surface area contributed by atoms with E-state index in [1.807, 2.05) is 0 Å². The topological polar surface area (TPSA) is 59.1 Å². The zero-order chi connectivity index (χ0) is 10.6. The number of nitrogens with zero attached hydrogens (tertiary/aromatic N) is 1. The quantitative estimate of drug-likeness (QED) is 0.506. The highest BCUT2D eigenvalue weighted by Crippen LogP contribution is 2.23. The second kappa shape index (κ2) is 5.09. The van der Waals surface area contributed by atoms with Crippen LogP contribution < -0.4 is 5.32 Å². The van der Waals surface area contributed by atoms with Gasteiger partial charge >= 0.3 is 0 Å². The summed E-state index contributed by atoms with van der Waals surface area (Å²) in [5, 5.41) is 3.60. The number of aromatic nitrogens is 1. The molecule has 0 atom stereocenters. The summed E-state index contributed by atoms with van der Waals surface area (Å²) >= 11 is 11.8. The molecule has 14 heavy (non-hydrogen) atoms. The molecule has 1 aromatic rings. The summed E-state index contributed by atoms with van der Waals surface area (Å²) in [6.45, 7) is 0. The van der Waals surface area contributed by atoms with E-state index in [9.17, 15) is 9.59 Å². The average molecular weight is 251 g/mol. The van der Waals surface area contributed by atoms with Crippen molar-refractivity contribution in [2.75, 3.05) is 5.32 Å². The van der Waals surface area contributed by atoms with Crippen LogP contribution in [0, 0.1) is 0 Å². The first kappa shape index (κ1) is 11.2. The van der Waals surface area contributed by atoms with Crippen molar-refractivity contribution in [1.82, 2.24) is 4.98 Å². The first-order chi connectivity index (χ1) is 6.69. The van der Waals surface area contributed by atoms with Gasteiger partial charge in [0, 0.05) is 10.9 Å². The van der Waals surface area contributed by atoms with Crippen LogP contribution in [0.25, 0.3) is 5.57 Å². The number of allylic oxidation sites excluding steroid dienone is 1. The lowest BCUT2D eigenvalue weighted by Crippen LogP contribution is -1.95. The predicted octanol–water partition coefficient (Wildman–Crippen LogP) is 2.06. The van der Waals surface area contributed by atoms with E-state index >= 15 is 0 Å². The van der Waals surface area contributed by atoms with Gasteiger partial charge in [0.2, 0.25) is 6.41 Å². The Kier molecular flexibility index (Phi) is 4.06. The van der Waals surface area contributed by atoms with Crippen molar-refractivity contribution in [3.05, 3.63) is 16.6 Å². The molecular weight excluding hydrogens is 247 g/mol. The summed E-state index contributed by atoms with van der Waals surface area (Å²) < 4.78 is 0. The molecule has 0 aliphatic rings. The molecule has 74 valence electrons. The predicted molar refractivity (Wildman–Crippen MR) is 56.5 cm³/mol. The molecule has 1 aromatic heterocycles. The molecular formula is C7H4Cl2N2O2S. The summed E-state index contributed by atoms with van der Waals surface area (Å²) in [6.07, 6.45) is 0.495. The lowest BCUT2D eigenvalue weighted by atomic mass is 10.3. The smallest absolute Gasteiger partial charge is 0.255 e. The summed E-state index contributed by atoms with van der Waals surface area (Å²) in [6, 6.07) is 0. The number of carbonyl (C=O) groups is 2. The second-order valence-electron chi connectivity index (χ2n) is 2.10. The minimum atomic E-state index is -0.692. The lowest BCUT2D eigenvalue weighted by molar-refractivity contribution is -0.107. The molecule has 1 amide bonds. The number of carbonyl (C=O) groups excluding carboxylic acids is 2. The number of thiazole rings is 1. The van der Waals surface area contributed by atoms with E-state index in [0.29, 0.717) is 17.2 Å². The van der Waals surface area contributed by atoms with Gasteiger partial charge in [-0.25, -0.2) is 4.98 Å². The largest absolute Gasteiger partial charge is 0.305 e. The summed E-state index contributed by atoms with van der Waals surface area (Å²) in [4.78, 5) is 24.8. The first-order valence-electron chi connectivity index (χ1n) is 3.35. The zero-order valence-electron chi connectivity index (χ0n) is 6.66. The van der Waals surface area contributed by atoms with Crippen LogP contribution in [0.2, 0.25) is 0 Å². The molecule has 0 aliphatic heterocycles. The van der Waals surface area contributed by atoms with Gasteiger partial charge in [-0.1, -0.05) is 11.6 Å². The Balaban J connectivity index is 2.95. The zero-order valence-corrected chi connectivity index (χ0v) is 8.99. The molecule has 4 nitrogen and oxygen atoms in total. The molecule has 0 bridgehead atoms. The van der Waals surface area contributed by atoms with Gasteiger partial charge in [0.25, 0.3) is 5.24 Å². The fourth-order valence-electron chi connectivity index (χ4n) is 0.714. The Morgan fingerprint density at radius 3 is 2.86 bits per heavy atom. The Labute approximate surface area is 93.5 Å². The van der Waals surface area contributed by atoms with Crippen LogP contribution in [0.15, 0.2) is 10.9 Å². The Morgan fingerprint density at radius 1 is 1.64 bits per heavy atom. The molecule has 0 aliphatic carbocycles. The maximum atomic E-state index is 10.8. The second-order valence-corrected chi connectivity index (χ2v) is 3.52. The van der Waals surface area contributed by atoms with Crippen molar-refractivity contribution in [1.29, 1.82) is 0 Å². The third-order valence-corrected chi connectivity index (χ3v) is 2.48. The fourth-order valence-corrected chi connectivity index (χ4v) is 1.80. The molecule has 0 saturated carbocycles. The van der Waals surface area contributed by atoms with Crippen molar-refractivity contribution >= 4 is 56.9 Å². The molecule has 1 heterocycles. The van der Waals surface area contributed by atoms with E-state index in [4.69, 9.17) is 23.2 Å². The van der Waals surface area contributed by atoms with E-state index < -0.39 is 5.24 Å². The van der Waals surface area contributed by atoms with E-state index in [1.54, 1.807) is 5.38 Å². The van der Waals surface area contributed by atoms with E-state index in [-0.39, 0.29) is 5.57 Å². The molecule has 0 saturated heterocycles. The Morgan fingerprint density at radius 2 is 2.36 bits per heavy atom. The number of anilines is 1. The summed E-state index contributed by atoms with van der Waals surface area (Å²) in [5.74, 6) is 0. The van der Waals surface area contributed by atoms with Gasteiger partial charge in [0.1, 0.15) is 0 Å². The first-order valence-corrected chi connectivity index (χ1v) is 5.04. The van der Waals surface area contributed by atoms with E-state index in [1.165, 1.54) is 11.3 Å². The maximum absolute atomic E-state index is 10.8. The molecule has 0 spiro atoms. The van der Waals surface area contributed by atoms with Crippen LogP contribution in [0.5, 0.6) is 0 Å². The Bertz CT molecular complexity index is 389. The molecule has 1 N–H and O–H groups in total. The number of halogens is 2. The van der Waals surface area contributed by atoms with Crippen molar-refractivity contribution in [3.8, 4) is 0 Å². The van der Waals surface area contributed by atoms with Gasteiger partial charge in [0.05, 0.1) is 11.3 Å². The Hall–Kier alpha value is -0.910. The van der Waals surface area contributed by atoms with E-state index in [0.717, 1.165) is 5.54 Å². The van der Waals surface area contributed by atoms with Gasteiger partial charge in [-0.05, 0) is 11.6 Å². The van der Waals surface area contributed by atoms with Crippen LogP contribution in [0.4, 0.5) is 5.13 Å². The summed E-state index contributed by atoms with van der Waals surface area (Å²) in [5.41, 5.74) is 1.49. The maximum Gasteiger partial charge on any atom is 0.255 e. The molecule has 0 fully saturated rings. The van der Waals surface area contributed by atoms with Crippen LogP contribution >= 0.6 is 34.5 Å². The minimum absolute atomic E-state index is 0.100. The normalized spacial score (nSPS) is 11.1. The number of amides is 1. The number of hydrogen-bond acceptors (Lipinski definition) is 4. The number of nitrogens with one attached hydrogen (secondary N) is 1. The SMILES string of the molecule is O=CNc1nc(/C(=C\Cl)C(=O)Cl)cs1. The third kappa shape index (κ3) is 2.54. The standard InChI is InChI=1S/C7H4Cl2N2O2S/c8-1-4(6(9)13)5-2-14-7(11-5)10-3-12/h1-3H,(H,10,11,12)/b4-1+. The highest BCUT2D eigenvalue weighted by molar-refractivity contribution is 7.14. The van der Waals surface area contributed by atoms with Crippen molar-refractivity contribution in [3.63, 3.8) is 0 Å². The highest BCUT2D eigenvalue weighted by atomic mass is 35.5. The highest BCUT2D eigenvalue weighted by Gasteiger charge is 2.12. The fraction of sp³-hybridized carbons (Fsp3) is 0. The molecule has 0 aromatic carbocycles. The molecule has 0 unspecified atom stereocenters. The van der Waals surface area contributed by atoms with E-state index in [2.05, 4.69) is 10.3 Å². The van der Waals surface area contributed by atoms with Gasteiger partial charge in [-0.3, -0.25) is 9.59 Å². The molecule has 1 rings (SSSR count). The van der Waals surface area contributed by atoms with Crippen LogP contribution in [0.1, 0.15) is 5.69 Å². The van der Waals surface area contributed by atoms with Crippen LogP contribution in [-0.4, -0.2) is 16.6 Å². The van der Waals surface area contributed by atoms with Gasteiger partial charge < -0.3 is 5.32 Å². The van der Waals surface area contributed by atoms with Crippen LogP contribution in [0.3, 0.4) is 0 Å². The summed E-state index contributed by atoms with van der Waals surface area (Å²) in [7, 11) is 0. The molecule has 7 heteroatoms. The van der Waals surface area contributed by atoms with Crippen LogP contribution in [-0.2, 0) is 9.59 Å².